The van der Waals surface area contributed by atoms with Crippen LogP contribution in [0, 0.1) is 0 Å². The Hall–Kier alpha value is -1.14. The maximum absolute atomic E-state index is 11.6. The number of aryl methyl sites for hydroxylation is 1. The highest BCUT2D eigenvalue weighted by molar-refractivity contribution is 7.89. The van der Waals surface area contributed by atoms with Crippen molar-refractivity contribution in [3.05, 3.63) is 24.2 Å². The fourth-order valence-electron chi connectivity index (χ4n) is 0.956. The van der Waals surface area contributed by atoms with E-state index in [1.54, 1.807) is 6.92 Å². The zero-order valence-corrected chi connectivity index (χ0v) is 9.69. The van der Waals surface area contributed by atoms with E-state index < -0.39 is 10.0 Å². The first kappa shape index (κ1) is 11.9. The van der Waals surface area contributed by atoms with Crippen molar-refractivity contribution >= 4 is 10.0 Å². The first-order chi connectivity index (χ1) is 6.95. The Morgan fingerprint density at radius 1 is 1.67 bits per heavy atom. The minimum Gasteiger partial charge on any atom is -0.332 e. The third-order valence-electron chi connectivity index (χ3n) is 1.79. The van der Waals surface area contributed by atoms with E-state index in [1.165, 1.54) is 6.20 Å². The summed E-state index contributed by atoms with van der Waals surface area (Å²) in [5, 5.41) is 0.0978. The molecule has 0 saturated heterocycles. The number of H-pyrrole nitrogens is 1. The Bertz CT molecular complexity index is 448. The summed E-state index contributed by atoms with van der Waals surface area (Å²) >= 11 is 0. The van der Waals surface area contributed by atoms with Gasteiger partial charge >= 0.3 is 0 Å². The molecular formula is C9H15N3O2S. The number of nitrogens with zero attached hydrogens (tertiary/aromatic N) is 1. The Labute approximate surface area is 89.7 Å². The molecule has 0 spiro atoms. The van der Waals surface area contributed by atoms with Crippen LogP contribution in [0.1, 0.15) is 19.7 Å². The third-order valence-corrected chi connectivity index (χ3v) is 3.10. The van der Waals surface area contributed by atoms with E-state index in [0.29, 0.717) is 12.2 Å². The van der Waals surface area contributed by atoms with Crippen LogP contribution in [0.25, 0.3) is 0 Å². The van der Waals surface area contributed by atoms with Crippen LogP contribution in [0.2, 0.25) is 0 Å². The SMILES string of the molecule is C=C(C)CNS(=O)(=O)c1cnc(CC)[nH]1. The van der Waals surface area contributed by atoms with E-state index in [1.807, 2.05) is 6.92 Å². The number of hydrogen-bond donors (Lipinski definition) is 2. The molecule has 6 heteroatoms. The zero-order chi connectivity index (χ0) is 11.5. The number of imidazole rings is 1. The molecule has 0 aromatic carbocycles. The molecule has 0 aliphatic rings. The lowest BCUT2D eigenvalue weighted by Gasteiger charge is -2.03. The van der Waals surface area contributed by atoms with Crippen LogP contribution in [0.5, 0.6) is 0 Å². The summed E-state index contributed by atoms with van der Waals surface area (Å²) in [4.78, 5) is 6.67. The highest BCUT2D eigenvalue weighted by Gasteiger charge is 2.15. The molecule has 5 nitrogen and oxygen atoms in total. The number of aromatic amines is 1. The number of aromatic nitrogens is 2. The summed E-state index contributed by atoms with van der Waals surface area (Å²) < 4.78 is 25.7. The maximum Gasteiger partial charge on any atom is 0.257 e. The maximum atomic E-state index is 11.6. The summed E-state index contributed by atoms with van der Waals surface area (Å²) in [6, 6.07) is 0. The van der Waals surface area contributed by atoms with Gasteiger partial charge in [0.15, 0.2) is 5.03 Å². The van der Waals surface area contributed by atoms with Crippen molar-refractivity contribution in [2.45, 2.75) is 25.3 Å². The molecule has 0 bridgehead atoms. The van der Waals surface area contributed by atoms with E-state index in [2.05, 4.69) is 21.3 Å². The smallest absolute Gasteiger partial charge is 0.257 e. The van der Waals surface area contributed by atoms with Gasteiger partial charge in [-0.1, -0.05) is 19.1 Å². The van der Waals surface area contributed by atoms with Gasteiger partial charge in [0.25, 0.3) is 10.0 Å². The molecule has 15 heavy (non-hydrogen) atoms. The number of nitrogens with one attached hydrogen (secondary N) is 2. The molecule has 0 aliphatic heterocycles. The Kier molecular flexibility index (Phi) is 3.65. The standard InChI is InChI=1S/C9H15N3O2S/c1-4-8-10-6-9(12-8)15(13,14)11-5-7(2)3/h6,11H,2,4-5H2,1,3H3,(H,10,12). The lowest BCUT2D eigenvalue weighted by atomic mass is 10.4. The minimum atomic E-state index is -3.47. The van der Waals surface area contributed by atoms with Gasteiger partial charge in [0.2, 0.25) is 0 Å². The molecule has 0 radical (unpaired) electrons. The monoisotopic (exact) mass is 229 g/mol. The van der Waals surface area contributed by atoms with Crippen molar-refractivity contribution in [1.82, 2.24) is 14.7 Å². The summed E-state index contributed by atoms with van der Waals surface area (Å²) in [6.07, 6.45) is 2.00. The van der Waals surface area contributed by atoms with Crippen molar-refractivity contribution in [3.63, 3.8) is 0 Å². The van der Waals surface area contributed by atoms with Gasteiger partial charge in [-0.15, -0.1) is 0 Å². The van der Waals surface area contributed by atoms with Crippen molar-refractivity contribution in [2.75, 3.05) is 6.54 Å². The second-order valence-corrected chi connectivity index (χ2v) is 5.06. The molecule has 0 saturated carbocycles. The minimum absolute atomic E-state index is 0.0978. The van der Waals surface area contributed by atoms with E-state index in [-0.39, 0.29) is 11.6 Å². The number of rotatable bonds is 5. The normalized spacial score (nSPS) is 11.6. The fourth-order valence-corrected chi connectivity index (χ4v) is 1.99. The van der Waals surface area contributed by atoms with Gasteiger partial charge in [0.05, 0.1) is 6.20 Å². The Morgan fingerprint density at radius 3 is 2.80 bits per heavy atom. The van der Waals surface area contributed by atoms with Crippen molar-refractivity contribution < 1.29 is 8.42 Å². The van der Waals surface area contributed by atoms with Crippen LogP contribution < -0.4 is 4.72 Å². The molecule has 0 atom stereocenters. The van der Waals surface area contributed by atoms with Gasteiger partial charge in [-0.2, -0.15) is 0 Å². The van der Waals surface area contributed by atoms with E-state index in [0.717, 1.165) is 5.57 Å². The molecular weight excluding hydrogens is 214 g/mol. The lowest BCUT2D eigenvalue weighted by Crippen LogP contribution is -2.25. The average Bonchev–Trinajstić information content (AvgIpc) is 2.63. The van der Waals surface area contributed by atoms with Crippen LogP contribution >= 0.6 is 0 Å². The molecule has 0 fully saturated rings. The van der Waals surface area contributed by atoms with Gasteiger partial charge in [0, 0.05) is 13.0 Å². The van der Waals surface area contributed by atoms with Gasteiger partial charge in [-0.3, -0.25) is 0 Å². The lowest BCUT2D eigenvalue weighted by molar-refractivity contribution is 0.581. The zero-order valence-electron chi connectivity index (χ0n) is 8.87. The molecule has 84 valence electrons. The Morgan fingerprint density at radius 2 is 2.33 bits per heavy atom. The van der Waals surface area contributed by atoms with Crippen molar-refractivity contribution in [1.29, 1.82) is 0 Å². The molecule has 2 N–H and O–H groups in total. The predicted octanol–water partition coefficient (Wildman–Crippen LogP) is 0.827. The van der Waals surface area contributed by atoms with E-state index >= 15 is 0 Å². The van der Waals surface area contributed by atoms with Crippen molar-refractivity contribution in [3.8, 4) is 0 Å². The molecule has 1 aromatic heterocycles. The summed E-state index contributed by atoms with van der Waals surface area (Å²) in [7, 11) is -3.47. The molecule has 1 aromatic rings. The van der Waals surface area contributed by atoms with Gasteiger partial charge in [-0.25, -0.2) is 18.1 Å². The predicted molar refractivity (Wildman–Crippen MR) is 58.0 cm³/mol. The second kappa shape index (κ2) is 4.59. The fraction of sp³-hybridized carbons (Fsp3) is 0.444. The van der Waals surface area contributed by atoms with Crippen molar-refractivity contribution in [2.24, 2.45) is 0 Å². The first-order valence-corrected chi connectivity index (χ1v) is 6.12. The van der Waals surface area contributed by atoms with E-state index in [9.17, 15) is 8.42 Å². The summed E-state index contributed by atoms with van der Waals surface area (Å²) in [5.74, 6) is 0.658. The molecule has 1 heterocycles. The average molecular weight is 229 g/mol. The van der Waals surface area contributed by atoms with Gasteiger partial charge in [0.1, 0.15) is 5.82 Å². The highest BCUT2D eigenvalue weighted by atomic mass is 32.2. The van der Waals surface area contributed by atoms with E-state index in [4.69, 9.17) is 0 Å². The summed E-state index contributed by atoms with van der Waals surface area (Å²) in [5.41, 5.74) is 0.758. The van der Waals surface area contributed by atoms with Gasteiger partial charge < -0.3 is 4.98 Å². The largest absolute Gasteiger partial charge is 0.332 e. The van der Waals surface area contributed by atoms with Crippen LogP contribution in [0.3, 0.4) is 0 Å². The quantitative estimate of drug-likeness (QED) is 0.734. The molecule has 1 rings (SSSR count). The topological polar surface area (TPSA) is 74.8 Å². The third kappa shape index (κ3) is 3.17. The van der Waals surface area contributed by atoms with Crippen LogP contribution in [0.4, 0.5) is 0 Å². The van der Waals surface area contributed by atoms with Crippen LogP contribution in [-0.2, 0) is 16.4 Å². The van der Waals surface area contributed by atoms with Crippen LogP contribution in [0.15, 0.2) is 23.4 Å². The summed E-state index contributed by atoms with van der Waals surface area (Å²) in [6.45, 7) is 7.52. The molecule has 0 amide bonds. The van der Waals surface area contributed by atoms with Crippen LogP contribution in [-0.4, -0.2) is 24.9 Å². The Balaban J connectivity index is 2.81. The molecule has 0 unspecified atom stereocenters. The second-order valence-electron chi connectivity index (χ2n) is 3.33. The highest BCUT2D eigenvalue weighted by Crippen LogP contribution is 2.05. The number of hydrogen-bond acceptors (Lipinski definition) is 3. The van der Waals surface area contributed by atoms with Gasteiger partial charge in [-0.05, 0) is 6.92 Å². The first-order valence-electron chi connectivity index (χ1n) is 4.63. The number of sulfonamides is 1. The molecule has 0 aliphatic carbocycles.